The molecule has 15 heteroatoms. The number of nitriles is 1. The summed E-state index contributed by atoms with van der Waals surface area (Å²) in [5.41, 5.74) is 1.94. The van der Waals surface area contributed by atoms with Crippen LogP contribution in [0.2, 0.25) is 0 Å². The van der Waals surface area contributed by atoms with Gasteiger partial charge in [0.05, 0.1) is 17.2 Å². The van der Waals surface area contributed by atoms with Crippen LogP contribution in [-0.4, -0.2) is 47.7 Å². The first-order chi connectivity index (χ1) is 17.4. The Balaban J connectivity index is 1.53. The van der Waals surface area contributed by atoms with Crippen LogP contribution in [0.25, 0.3) is 17.0 Å². The molecule has 3 N–H and O–H groups in total. The number of benzene rings is 1. The smallest absolute Gasteiger partial charge is 0.321 e. The summed E-state index contributed by atoms with van der Waals surface area (Å²) < 4.78 is 1.29. The Labute approximate surface area is 206 Å². The van der Waals surface area contributed by atoms with Crippen molar-refractivity contribution in [2.24, 2.45) is 10.2 Å². The molecule has 0 aliphatic heterocycles. The van der Waals surface area contributed by atoms with E-state index in [4.69, 9.17) is 0 Å². The maximum absolute atomic E-state index is 11.8. The van der Waals surface area contributed by atoms with E-state index >= 15 is 0 Å². The number of aromatic amines is 2. The summed E-state index contributed by atoms with van der Waals surface area (Å²) in [5, 5.41) is 25.6. The SMILES string of the molecule is CC(=O)Nc1nc(N(C)c2ccc3[nH]c(=O)[nH]c3c2)sc1/N=N/c1c(C#N)cnn1-c1ncccn1. The molecule has 0 spiro atoms. The van der Waals surface area contributed by atoms with Crippen LogP contribution in [0.4, 0.5) is 27.5 Å². The maximum atomic E-state index is 11.8. The van der Waals surface area contributed by atoms with E-state index in [-0.39, 0.29) is 34.7 Å². The second-order valence-electron chi connectivity index (χ2n) is 7.35. The highest BCUT2D eigenvalue weighted by atomic mass is 32.1. The first kappa shape index (κ1) is 22.6. The molecule has 1 aromatic carbocycles. The zero-order valence-electron chi connectivity index (χ0n) is 18.8. The first-order valence-electron chi connectivity index (χ1n) is 10.3. The molecule has 0 radical (unpaired) electrons. The van der Waals surface area contributed by atoms with Gasteiger partial charge in [-0.1, -0.05) is 11.3 Å². The Hall–Kier alpha value is -5.23. The van der Waals surface area contributed by atoms with Crippen LogP contribution in [0.5, 0.6) is 0 Å². The molecule has 178 valence electrons. The number of nitrogens with one attached hydrogen (secondary N) is 3. The lowest BCUT2D eigenvalue weighted by Crippen LogP contribution is -2.10. The third-order valence-corrected chi connectivity index (χ3v) is 5.92. The highest BCUT2D eigenvalue weighted by Gasteiger charge is 2.19. The number of nitrogens with zero attached hydrogens (tertiary/aromatic N) is 9. The third-order valence-electron chi connectivity index (χ3n) is 4.91. The molecule has 0 unspecified atom stereocenters. The van der Waals surface area contributed by atoms with Crippen LogP contribution in [0.1, 0.15) is 12.5 Å². The fourth-order valence-electron chi connectivity index (χ4n) is 3.26. The lowest BCUT2D eigenvalue weighted by molar-refractivity contribution is -0.114. The van der Waals surface area contributed by atoms with Gasteiger partial charge < -0.3 is 20.2 Å². The van der Waals surface area contributed by atoms with Gasteiger partial charge in [0.1, 0.15) is 11.6 Å². The maximum Gasteiger partial charge on any atom is 0.323 e. The van der Waals surface area contributed by atoms with Gasteiger partial charge in [0.25, 0.3) is 5.95 Å². The second kappa shape index (κ2) is 9.19. The molecule has 4 heterocycles. The third kappa shape index (κ3) is 4.31. The largest absolute Gasteiger partial charge is 0.323 e. The Bertz CT molecular complexity index is 1710. The fourth-order valence-corrected chi connectivity index (χ4v) is 4.08. The molecule has 0 saturated heterocycles. The van der Waals surface area contributed by atoms with E-state index in [1.165, 1.54) is 41.5 Å². The molecule has 1 amide bonds. The number of rotatable bonds is 6. The summed E-state index contributed by atoms with van der Waals surface area (Å²) in [7, 11) is 1.79. The first-order valence-corrected chi connectivity index (χ1v) is 11.2. The number of azo groups is 1. The number of fused-ring (bicyclic) bond motifs is 1. The average molecular weight is 501 g/mol. The molecule has 14 nitrogen and oxygen atoms in total. The van der Waals surface area contributed by atoms with Crippen LogP contribution in [0.15, 0.2) is 57.9 Å². The summed E-state index contributed by atoms with van der Waals surface area (Å²) in [4.78, 5) is 43.4. The van der Waals surface area contributed by atoms with E-state index in [1.807, 2.05) is 12.1 Å². The van der Waals surface area contributed by atoms with Gasteiger partial charge in [-0.2, -0.15) is 20.0 Å². The van der Waals surface area contributed by atoms with Gasteiger partial charge in [-0.3, -0.25) is 4.79 Å². The lowest BCUT2D eigenvalue weighted by Gasteiger charge is -2.15. The van der Waals surface area contributed by atoms with Crippen LogP contribution in [0.3, 0.4) is 0 Å². The highest BCUT2D eigenvalue weighted by Crippen LogP contribution is 2.40. The van der Waals surface area contributed by atoms with Gasteiger partial charge in [0.15, 0.2) is 21.8 Å². The minimum absolute atomic E-state index is 0.127. The highest BCUT2D eigenvalue weighted by molar-refractivity contribution is 7.19. The number of thiazole rings is 1. The topological polar surface area (TPSA) is 186 Å². The van der Waals surface area contributed by atoms with Gasteiger partial charge >= 0.3 is 5.69 Å². The summed E-state index contributed by atoms with van der Waals surface area (Å²) in [6.07, 6.45) is 4.42. The molecule has 0 aliphatic rings. The lowest BCUT2D eigenvalue weighted by atomic mass is 10.2. The molecule has 4 aromatic heterocycles. The number of imidazole rings is 1. The molecular formula is C21H16N12O2S. The minimum atomic E-state index is -0.335. The average Bonchev–Trinajstić information content (AvgIpc) is 3.57. The number of anilines is 3. The van der Waals surface area contributed by atoms with Crippen LogP contribution >= 0.6 is 11.3 Å². The molecular weight excluding hydrogens is 484 g/mol. The van der Waals surface area contributed by atoms with Crippen molar-refractivity contribution in [2.45, 2.75) is 6.92 Å². The Morgan fingerprint density at radius 2 is 2.00 bits per heavy atom. The molecule has 0 fully saturated rings. The van der Waals surface area contributed by atoms with Crippen molar-refractivity contribution in [1.82, 2.24) is 34.7 Å². The van der Waals surface area contributed by atoms with Crippen molar-refractivity contribution >= 4 is 55.7 Å². The molecule has 36 heavy (non-hydrogen) atoms. The van der Waals surface area contributed by atoms with Crippen molar-refractivity contribution < 1.29 is 4.79 Å². The van der Waals surface area contributed by atoms with Crippen LogP contribution in [0, 0.1) is 11.3 Å². The van der Waals surface area contributed by atoms with Crippen LogP contribution in [-0.2, 0) is 4.79 Å². The molecule has 5 aromatic rings. The summed E-state index contributed by atoms with van der Waals surface area (Å²) in [6.45, 7) is 1.36. The molecule has 0 saturated carbocycles. The van der Waals surface area contributed by atoms with Crippen molar-refractivity contribution in [1.29, 1.82) is 5.26 Å². The fraction of sp³-hybridized carbons (Fsp3) is 0.0952. The van der Waals surface area contributed by atoms with E-state index < -0.39 is 0 Å². The minimum Gasteiger partial charge on any atom is -0.321 e. The summed E-state index contributed by atoms with van der Waals surface area (Å²) in [5.74, 6) is 0.216. The van der Waals surface area contributed by atoms with Gasteiger partial charge in [0, 0.05) is 32.1 Å². The van der Waals surface area contributed by atoms with Gasteiger partial charge in [-0.05, 0) is 24.3 Å². The number of carbonyl (C=O) groups is 1. The predicted octanol–water partition coefficient (Wildman–Crippen LogP) is 3.30. The number of amides is 1. The standard InChI is InChI=1S/C21H16N12O2S/c1-11(34)26-16-18(31-30-17-12(9-22)10-25-33(17)19-23-6-3-7-24-19)36-21(29-16)32(2)13-4-5-14-15(8-13)28-20(35)27-14/h3-8,10H,1-2H3,(H,26,34)(H2,27,28,35)/b31-30+. The van der Waals surface area contributed by atoms with E-state index in [9.17, 15) is 14.9 Å². The molecule has 0 bridgehead atoms. The number of hydrogen-bond donors (Lipinski definition) is 3. The normalized spacial score (nSPS) is 11.1. The number of H-pyrrole nitrogens is 2. The second-order valence-corrected chi connectivity index (χ2v) is 8.31. The van der Waals surface area contributed by atoms with Crippen molar-refractivity contribution in [3.63, 3.8) is 0 Å². The van der Waals surface area contributed by atoms with Gasteiger partial charge in [0.2, 0.25) is 5.91 Å². The molecule has 0 aliphatic carbocycles. The number of hydrogen-bond acceptors (Lipinski definition) is 11. The summed E-state index contributed by atoms with van der Waals surface area (Å²) >= 11 is 1.17. The van der Waals surface area contributed by atoms with Gasteiger partial charge in [-0.15, -0.1) is 10.2 Å². The van der Waals surface area contributed by atoms with Crippen molar-refractivity contribution in [3.8, 4) is 12.0 Å². The Morgan fingerprint density at radius 1 is 1.22 bits per heavy atom. The van der Waals surface area contributed by atoms with Crippen LogP contribution < -0.4 is 15.9 Å². The Kier molecular flexibility index (Phi) is 5.76. The zero-order valence-corrected chi connectivity index (χ0v) is 19.6. The van der Waals surface area contributed by atoms with Gasteiger partial charge in [-0.25, -0.2) is 14.8 Å². The Morgan fingerprint density at radius 3 is 2.75 bits per heavy atom. The van der Waals surface area contributed by atoms with Crippen molar-refractivity contribution in [3.05, 3.63) is 58.9 Å². The van der Waals surface area contributed by atoms with E-state index in [0.29, 0.717) is 21.2 Å². The molecule has 0 atom stereocenters. The van der Waals surface area contributed by atoms with E-state index in [0.717, 1.165) is 5.69 Å². The summed E-state index contributed by atoms with van der Waals surface area (Å²) in [6, 6.07) is 9.07. The monoisotopic (exact) mass is 500 g/mol. The predicted molar refractivity (Wildman–Crippen MR) is 131 cm³/mol. The molecule has 5 rings (SSSR count). The quantitative estimate of drug-likeness (QED) is 0.296. The number of aromatic nitrogens is 7. The van der Waals surface area contributed by atoms with Crippen molar-refractivity contribution in [2.75, 3.05) is 17.3 Å². The van der Waals surface area contributed by atoms with E-state index in [2.05, 4.69) is 45.6 Å². The van der Waals surface area contributed by atoms with E-state index in [1.54, 1.807) is 30.1 Å². The zero-order chi connectivity index (χ0) is 25.2. The number of carbonyl (C=O) groups excluding carboxylic acids is 1.